The van der Waals surface area contributed by atoms with Crippen LogP contribution in [0.5, 0.6) is 0 Å². The molecule has 3 heteroatoms. The van der Waals surface area contributed by atoms with Crippen LogP contribution in [0.4, 0.5) is 17.1 Å². The molecule has 0 unspecified atom stereocenters. The lowest BCUT2D eigenvalue weighted by Crippen LogP contribution is -2.11. The molecule has 2 aromatic heterocycles. The molecule has 9 aromatic rings. The minimum atomic E-state index is 0.874. The van der Waals surface area contributed by atoms with Crippen LogP contribution >= 0.6 is 11.3 Å². The fourth-order valence-corrected chi connectivity index (χ4v) is 7.70. The van der Waals surface area contributed by atoms with Gasteiger partial charge in [-0.1, -0.05) is 121 Å². The predicted molar refractivity (Wildman–Crippen MR) is 192 cm³/mol. The predicted octanol–water partition coefficient (Wildman–Crippen LogP) is 12.8. The van der Waals surface area contributed by atoms with Gasteiger partial charge in [0.25, 0.3) is 0 Å². The van der Waals surface area contributed by atoms with Crippen LogP contribution in [0.15, 0.2) is 168 Å². The second-order valence-electron chi connectivity index (χ2n) is 11.3. The summed E-state index contributed by atoms with van der Waals surface area (Å²) in [5.41, 5.74) is 9.55. The lowest BCUT2D eigenvalue weighted by atomic mass is 9.98. The van der Waals surface area contributed by atoms with Crippen molar-refractivity contribution < 1.29 is 4.42 Å². The third kappa shape index (κ3) is 4.32. The lowest BCUT2D eigenvalue weighted by molar-refractivity contribution is 0.669. The van der Waals surface area contributed by atoms with Gasteiger partial charge in [-0.3, -0.25) is 0 Å². The van der Waals surface area contributed by atoms with Gasteiger partial charge in [-0.15, -0.1) is 11.3 Å². The van der Waals surface area contributed by atoms with E-state index in [0.29, 0.717) is 0 Å². The minimum absolute atomic E-state index is 0.874. The van der Waals surface area contributed by atoms with Crippen LogP contribution in [-0.4, -0.2) is 0 Å². The highest BCUT2D eigenvalue weighted by Gasteiger charge is 2.24. The second-order valence-corrected chi connectivity index (χ2v) is 12.4. The Morgan fingerprint density at radius 1 is 0.422 bits per heavy atom. The van der Waals surface area contributed by atoms with Crippen molar-refractivity contribution >= 4 is 70.5 Å². The quantitative estimate of drug-likeness (QED) is 0.197. The van der Waals surface area contributed by atoms with Crippen molar-refractivity contribution in [1.82, 2.24) is 0 Å². The number of nitrogens with zero attached hydrogens (tertiary/aromatic N) is 1. The molecule has 0 atom stereocenters. The average molecular weight is 594 g/mol. The van der Waals surface area contributed by atoms with Crippen molar-refractivity contribution in [3.05, 3.63) is 164 Å². The first-order valence-electron chi connectivity index (χ1n) is 15.2. The molecule has 0 amide bonds. The van der Waals surface area contributed by atoms with E-state index < -0.39 is 0 Å². The first-order valence-corrected chi connectivity index (χ1v) is 16.0. The smallest absolute Gasteiger partial charge is 0.160 e. The Morgan fingerprint density at radius 3 is 1.91 bits per heavy atom. The number of benzene rings is 7. The third-order valence-corrected chi connectivity index (χ3v) is 9.79. The van der Waals surface area contributed by atoms with E-state index in [4.69, 9.17) is 4.42 Å². The highest BCUT2D eigenvalue weighted by molar-refractivity contribution is 7.25. The molecule has 45 heavy (non-hydrogen) atoms. The molecule has 0 saturated heterocycles. The van der Waals surface area contributed by atoms with Crippen LogP contribution in [0.1, 0.15) is 0 Å². The molecule has 212 valence electrons. The van der Waals surface area contributed by atoms with Gasteiger partial charge in [0.2, 0.25) is 0 Å². The van der Waals surface area contributed by atoms with Crippen molar-refractivity contribution in [2.45, 2.75) is 0 Å². The Labute approximate surface area is 265 Å². The number of furan rings is 1. The van der Waals surface area contributed by atoms with Gasteiger partial charge in [-0.2, -0.15) is 0 Å². The van der Waals surface area contributed by atoms with Crippen molar-refractivity contribution in [2.24, 2.45) is 0 Å². The highest BCUT2D eigenvalue weighted by Crippen LogP contribution is 2.49. The summed E-state index contributed by atoms with van der Waals surface area (Å²) >= 11 is 1.84. The molecule has 0 fully saturated rings. The third-order valence-electron chi connectivity index (χ3n) is 8.66. The zero-order valence-corrected chi connectivity index (χ0v) is 25.2. The van der Waals surface area contributed by atoms with Gasteiger partial charge >= 0.3 is 0 Å². The number of para-hydroxylation sites is 1. The Hall–Kier alpha value is -5.64. The van der Waals surface area contributed by atoms with Crippen molar-refractivity contribution in [2.75, 3.05) is 4.90 Å². The zero-order chi connectivity index (χ0) is 29.7. The molecule has 0 radical (unpaired) electrons. The number of fused-ring (bicyclic) bond motifs is 6. The molecule has 0 aliphatic rings. The molecule has 7 aromatic carbocycles. The van der Waals surface area contributed by atoms with Gasteiger partial charge in [0.15, 0.2) is 5.58 Å². The van der Waals surface area contributed by atoms with Crippen molar-refractivity contribution in [3.8, 4) is 22.3 Å². The highest BCUT2D eigenvalue weighted by atomic mass is 32.1. The van der Waals surface area contributed by atoms with Gasteiger partial charge in [0.1, 0.15) is 5.58 Å². The van der Waals surface area contributed by atoms with E-state index in [1.807, 2.05) is 17.4 Å². The summed E-state index contributed by atoms with van der Waals surface area (Å²) in [4.78, 5) is 2.39. The molecule has 0 N–H and O–H groups in total. The fourth-order valence-electron chi connectivity index (χ4n) is 6.56. The lowest BCUT2D eigenvalue weighted by Gasteiger charge is -2.28. The van der Waals surface area contributed by atoms with Gasteiger partial charge in [0, 0.05) is 47.9 Å². The van der Waals surface area contributed by atoms with E-state index in [9.17, 15) is 0 Å². The van der Waals surface area contributed by atoms with Crippen LogP contribution < -0.4 is 4.90 Å². The van der Waals surface area contributed by atoms with E-state index >= 15 is 0 Å². The Kier molecular flexibility index (Phi) is 6.03. The van der Waals surface area contributed by atoms with E-state index in [1.54, 1.807) is 0 Å². The molecule has 0 aliphatic heterocycles. The molecule has 0 saturated carbocycles. The molecule has 0 bridgehead atoms. The molecule has 0 spiro atoms. The maximum atomic E-state index is 6.78. The first-order chi connectivity index (χ1) is 22.3. The monoisotopic (exact) mass is 593 g/mol. The SMILES string of the molecule is c1ccc(-c2cccc(N(c3ccc4c(c3)sc3ccccc34)c3c(-c4ccccc4)ccc4c3oc3ccccc34)c2)cc1. The molecule has 2 nitrogen and oxygen atoms in total. The van der Waals surface area contributed by atoms with Gasteiger partial charge in [-0.05, 0) is 59.2 Å². The summed E-state index contributed by atoms with van der Waals surface area (Å²) in [6, 6.07) is 58.4. The van der Waals surface area contributed by atoms with Crippen molar-refractivity contribution in [3.63, 3.8) is 0 Å². The number of anilines is 3. The number of hydrogen-bond acceptors (Lipinski definition) is 3. The number of hydrogen-bond donors (Lipinski definition) is 0. The van der Waals surface area contributed by atoms with E-state index in [-0.39, 0.29) is 0 Å². The van der Waals surface area contributed by atoms with Gasteiger partial charge in [-0.25, -0.2) is 0 Å². The molecule has 2 heterocycles. The largest absolute Gasteiger partial charge is 0.454 e. The summed E-state index contributed by atoms with van der Waals surface area (Å²) in [5.74, 6) is 0. The first kappa shape index (κ1) is 25.8. The van der Waals surface area contributed by atoms with Crippen LogP contribution in [0.2, 0.25) is 0 Å². The summed E-state index contributed by atoms with van der Waals surface area (Å²) in [6.45, 7) is 0. The maximum Gasteiger partial charge on any atom is 0.160 e. The van der Waals surface area contributed by atoms with E-state index in [1.165, 1.54) is 31.3 Å². The maximum absolute atomic E-state index is 6.78. The normalized spacial score (nSPS) is 11.6. The summed E-state index contributed by atoms with van der Waals surface area (Å²) in [7, 11) is 0. The fraction of sp³-hybridized carbons (Fsp3) is 0. The van der Waals surface area contributed by atoms with E-state index in [2.05, 4.69) is 163 Å². The Balaban J connectivity index is 1.38. The summed E-state index contributed by atoms with van der Waals surface area (Å²) < 4.78 is 9.34. The van der Waals surface area contributed by atoms with Crippen LogP contribution in [0, 0.1) is 0 Å². The Bertz CT molecular complexity index is 2490. The standard InChI is InChI=1S/C42H27NOS/c1-3-12-28(13-4-1)30-16-11-17-31(26-30)43(32-22-23-36-35-19-8-10-21-39(35)45-40(36)27-32)41-33(29-14-5-2-6-15-29)24-25-37-34-18-7-9-20-38(34)44-42(37)41/h1-27H. The molecule has 0 aliphatic carbocycles. The van der Waals surface area contributed by atoms with Crippen LogP contribution in [0.3, 0.4) is 0 Å². The average Bonchev–Trinajstić information content (AvgIpc) is 3.68. The van der Waals surface area contributed by atoms with Gasteiger partial charge in [0.05, 0.1) is 5.69 Å². The van der Waals surface area contributed by atoms with Gasteiger partial charge < -0.3 is 9.32 Å². The van der Waals surface area contributed by atoms with Crippen LogP contribution in [-0.2, 0) is 0 Å². The second kappa shape index (κ2) is 10.5. The number of thiophene rings is 1. The molecule has 9 rings (SSSR count). The number of rotatable bonds is 5. The summed E-state index contributed by atoms with van der Waals surface area (Å²) in [6.07, 6.45) is 0. The van der Waals surface area contributed by atoms with Crippen LogP contribution in [0.25, 0.3) is 64.4 Å². The minimum Gasteiger partial charge on any atom is -0.454 e. The topological polar surface area (TPSA) is 16.4 Å². The summed E-state index contributed by atoms with van der Waals surface area (Å²) in [5, 5.41) is 4.80. The molecular formula is C42H27NOS. The van der Waals surface area contributed by atoms with Crippen molar-refractivity contribution in [1.29, 1.82) is 0 Å². The Morgan fingerprint density at radius 2 is 1.07 bits per heavy atom. The molecular weight excluding hydrogens is 567 g/mol. The van der Waals surface area contributed by atoms with E-state index in [0.717, 1.165) is 50.1 Å². The zero-order valence-electron chi connectivity index (χ0n) is 24.4.